The largest absolute Gasteiger partial charge is 0.326 e. The molecule has 0 radical (unpaired) electrons. The van der Waals surface area contributed by atoms with E-state index in [0.29, 0.717) is 24.5 Å². The van der Waals surface area contributed by atoms with Gasteiger partial charge in [-0.15, -0.1) is 0 Å². The summed E-state index contributed by atoms with van der Waals surface area (Å²) in [6.45, 7) is 4.65. The lowest BCUT2D eigenvalue weighted by molar-refractivity contribution is -0.121. The fourth-order valence-corrected chi connectivity index (χ4v) is 2.98. The molecule has 0 spiro atoms. The number of nitrogens with zero attached hydrogens (tertiary/aromatic N) is 1. The lowest BCUT2D eigenvalue weighted by Gasteiger charge is -2.35. The van der Waals surface area contributed by atoms with Gasteiger partial charge in [-0.2, -0.15) is 0 Å². The fraction of sp³-hybridized carbons (Fsp3) is 0.316. The molecular formula is C19H21FN4O3. The van der Waals surface area contributed by atoms with Crippen molar-refractivity contribution in [2.45, 2.75) is 19.9 Å². The fourth-order valence-electron chi connectivity index (χ4n) is 2.98. The Bertz CT molecular complexity index is 924. The molecule has 0 bridgehead atoms. The van der Waals surface area contributed by atoms with E-state index in [-0.39, 0.29) is 12.1 Å². The van der Waals surface area contributed by atoms with Gasteiger partial charge in [0.15, 0.2) is 0 Å². The Balaban J connectivity index is 1.83. The van der Waals surface area contributed by atoms with Crippen molar-refractivity contribution in [3.05, 3.63) is 63.3 Å². The Morgan fingerprint density at radius 1 is 1.22 bits per heavy atom. The summed E-state index contributed by atoms with van der Waals surface area (Å²) < 4.78 is 13.0. The number of carbonyl (C=O) groups is 2. The number of hydrogen-bond donors (Lipinski definition) is 3. The molecule has 8 heteroatoms. The molecule has 27 heavy (non-hydrogen) atoms. The standard InChI is InChI=1S/C19H21FN4O3/c1-11-9-15(17(25)22-12(11)2)19(27)24-8-7-21-10-16(24)18(26)23-14-5-3-13(20)4-6-14/h3-6,9,16,21H,7-8,10H2,1-2H3,(H,22,25)(H,23,26)/t16-/m0/s1. The monoisotopic (exact) mass is 372 g/mol. The van der Waals surface area contributed by atoms with Crippen LogP contribution in [-0.2, 0) is 4.79 Å². The van der Waals surface area contributed by atoms with Crippen LogP contribution in [0.3, 0.4) is 0 Å². The summed E-state index contributed by atoms with van der Waals surface area (Å²) in [6.07, 6.45) is 0. The third-order valence-corrected chi connectivity index (χ3v) is 4.65. The lowest BCUT2D eigenvalue weighted by atomic mass is 10.1. The molecule has 0 unspecified atom stereocenters. The minimum absolute atomic E-state index is 0.0135. The number of H-pyrrole nitrogens is 1. The van der Waals surface area contributed by atoms with Crippen molar-refractivity contribution in [1.29, 1.82) is 0 Å². The molecule has 0 aliphatic carbocycles. The Kier molecular flexibility index (Phi) is 5.36. The molecule has 142 valence electrons. The van der Waals surface area contributed by atoms with Crippen molar-refractivity contribution >= 4 is 17.5 Å². The molecule has 3 rings (SSSR count). The Hall–Kier alpha value is -3.00. The minimum Gasteiger partial charge on any atom is -0.326 e. The summed E-state index contributed by atoms with van der Waals surface area (Å²) in [6, 6.07) is 6.15. The van der Waals surface area contributed by atoms with Gasteiger partial charge in [0.2, 0.25) is 5.91 Å². The van der Waals surface area contributed by atoms with E-state index in [0.717, 1.165) is 5.56 Å². The number of amides is 2. The van der Waals surface area contributed by atoms with Crippen molar-refractivity contribution in [2.75, 3.05) is 25.0 Å². The van der Waals surface area contributed by atoms with Crippen LogP contribution in [0.2, 0.25) is 0 Å². The third-order valence-electron chi connectivity index (χ3n) is 4.65. The summed E-state index contributed by atoms with van der Waals surface area (Å²) in [5, 5.41) is 5.77. The maximum atomic E-state index is 13.0. The van der Waals surface area contributed by atoms with Crippen molar-refractivity contribution < 1.29 is 14.0 Å². The first-order valence-electron chi connectivity index (χ1n) is 8.65. The first-order valence-corrected chi connectivity index (χ1v) is 8.65. The maximum Gasteiger partial charge on any atom is 0.261 e. The number of rotatable bonds is 3. The average Bonchev–Trinajstić information content (AvgIpc) is 2.66. The second-order valence-corrected chi connectivity index (χ2v) is 6.53. The van der Waals surface area contributed by atoms with Gasteiger partial charge in [0.05, 0.1) is 0 Å². The van der Waals surface area contributed by atoms with Gasteiger partial charge in [-0.05, 0) is 49.7 Å². The highest BCUT2D eigenvalue weighted by molar-refractivity contribution is 6.01. The van der Waals surface area contributed by atoms with E-state index in [1.54, 1.807) is 19.9 Å². The molecule has 1 aromatic carbocycles. The zero-order chi connectivity index (χ0) is 19.6. The molecule has 0 saturated carbocycles. The molecule has 1 aliphatic heterocycles. The quantitative estimate of drug-likeness (QED) is 0.754. The maximum absolute atomic E-state index is 13.0. The summed E-state index contributed by atoms with van der Waals surface area (Å²) in [7, 11) is 0. The number of pyridine rings is 1. The van der Waals surface area contributed by atoms with Crippen LogP contribution in [0.4, 0.5) is 10.1 Å². The predicted octanol–water partition coefficient (Wildman–Crippen LogP) is 1.18. The number of anilines is 1. The number of carbonyl (C=O) groups excluding carboxylic acids is 2. The zero-order valence-corrected chi connectivity index (χ0v) is 15.1. The molecule has 1 saturated heterocycles. The van der Waals surface area contributed by atoms with E-state index < -0.39 is 29.2 Å². The van der Waals surface area contributed by atoms with E-state index in [4.69, 9.17) is 0 Å². The highest BCUT2D eigenvalue weighted by Gasteiger charge is 2.33. The number of hydrogen-bond acceptors (Lipinski definition) is 4. The molecule has 7 nitrogen and oxygen atoms in total. The van der Waals surface area contributed by atoms with E-state index in [1.165, 1.54) is 29.2 Å². The van der Waals surface area contributed by atoms with E-state index >= 15 is 0 Å². The van der Waals surface area contributed by atoms with Crippen LogP contribution in [0.15, 0.2) is 35.1 Å². The Morgan fingerprint density at radius 2 is 1.93 bits per heavy atom. The van der Waals surface area contributed by atoms with Crippen LogP contribution in [-0.4, -0.2) is 47.4 Å². The van der Waals surface area contributed by atoms with Gasteiger partial charge in [0, 0.05) is 31.0 Å². The number of benzene rings is 1. The molecule has 2 amide bonds. The lowest BCUT2D eigenvalue weighted by Crippen LogP contribution is -2.58. The van der Waals surface area contributed by atoms with Crippen LogP contribution < -0.4 is 16.2 Å². The molecule has 1 fully saturated rings. The van der Waals surface area contributed by atoms with Gasteiger partial charge < -0.3 is 20.5 Å². The van der Waals surface area contributed by atoms with Gasteiger partial charge in [0.1, 0.15) is 17.4 Å². The van der Waals surface area contributed by atoms with E-state index in [9.17, 15) is 18.8 Å². The van der Waals surface area contributed by atoms with Crippen molar-refractivity contribution in [3.8, 4) is 0 Å². The molecule has 1 aliphatic rings. The molecule has 2 aromatic rings. The Labute approximate surface area is 155 Å². The van der Waals surface area contributed by atoms with Crippen molar-refractivity contribution in [1.82, 2.24) is 15.2 Å². The van der Waals surface area contributed by atoms with Crippen LogP contribution in [0, 0.1) is 19.7 Å². The molecular weight excluding hydrogens is 351 g/mol. The molecule has 3 N–H and O–H groups in total. The zero-order valence-electron chi connectivity index (χ0n) is 15.1. The summed E-state index contributed by atoms with van der Waals surface area (Å²) in [5.74, 6) is -1.29. The highest BCUT2D eigenvalue weighted by atomic mass is 19.1. The first-order chi connectivity index (χ1) is 12.9. The number of halogens is 1. The number of aryl methyl sites for hydroxylation is 2. The third kappa shape index (κ3) is 4.06. The highest BCUT2D eigenvalue weighted by Crippen LogP contribution is 2.14. The average molecular weight is 372 g/mol. The van der Waals surface area contributed by atoms with Crippen molar-refractivity contribution in [3.63, 3.8) is 0 Å². The van der Waals surface area contributed by atoms with Crippen molar-refractivity contribution in [2.24, 2.45) is 0 Å². The topological polar surface area (TPSA) is 94.3 Å². The van der Waals surface area contributed by atoms with Crippen LogP contribution in [0.25, 0.3) is 0 Å². The predicted molar refractivity (Wildman–Crippen MR) is 99.3 cm³/mol. The minimum atomic E-state index is -0.780. The van der Waals surface area contributed by atoms with Gasteiger partial charge >= 0.3 is 0 Å². The molecule has 1 atom stereocenters. The number of piperazine rings is 1. The summed E-state index contributed by atoms with van der Waals surface area (Å²) >= 11 is 0. The Morgan fingerprint density at radius 3 is 2.63 bits per heavy atom. The van der Waals surface area contributed by atoms with E-state index in [1.807, 2.05) is 0 Å². The van der Waals surface area contributed by atoms with Gasteiger partial charge in [0.25, 0.3) is 11.5 Å². The number of aromatic amines is 1. The van der Waals surface area contributed by atoms with Gasteiger partial charge in [-0.1, -0.05) is 0 Å². The van der Waals surface area contributed by atoms with Gasteiger partial charge in [-0.25, -0.2) is 4.39 Å². The van der Waals surface area contributed by atoms with Crippen LogP contribution in [0.5, 0.6) is 0 Å². The summed E-state index contributed by atoms with van der Waals surface area (Å²) in [4.78, 5) is 41.9. The smallest absolute Gasteiger partial charge is 0.261 e. The van der Waals surface area contributed by atoms with Crippen LogP contribution in [0.1, 0.15) is 21.6 Å². The molecule has 2 heterocycles. The van der Waals surface area contributed by atoms with E-state index in [2.05, 4.69) is 15.6 Å². The number of aromatic nitrogens is 1. The van der Waals surface area contributed by atoms with Gasteiger partial charge in [-0.3, -0.25) is 14.4 Å². The second-order valence-electron chi connectivity index (χ2n) is 6.53. The first kappa shape index (κ1) is 18.8. The summed E-state index contributed by atoms with van der Waals surface area (Å²) in [5.41, 5.74) is 1.46. The molecule has 1 aromatic heterocycles. The van der Waals surface area contributed by atoms with Crippen LogP contribution >= 0.6 is 0 Å². The second kappa shape index (κ2) is 7.71. The SMILES string of the molecule is Cc1cc(C(=O)N2CCNC[C@H]2C(=O)Nc2ccc(F)cc2)c(=O)[nH]c1C. The number of nitrogens with one attached hydrogen (secondary N) is 3. The normalized spacial score (nSPS) is 16.9.